The van der Waals surface area contributed by atoms with Gasteiger partial charge in [0.1, 0.15) is 5.82 Å². The molecule has 0 aliphatic rings. The molecule has 168 valence electrons. The van der Waals surface area contributed by atoms with Crippen LogP contribution in [0.5, 0.6) is 0 Å². The van der Waals surface area contributed by atoms with Crippen molar-refractivity contribution in [3.63, 3.8) is 0 Å². The lowest BCUT2D eigenvalue weighted by molar-refractivity contribution is -0.118. The number of rotatable bonds is 9. The Hall–Kier alpha value is -3.16. The third kappa shape index (κ3) is 6.43. The largest absolute Gasteiger partial charge is 0.355 e. The van der Waals surface area contributed by atoms with Crippen LogP contribution in [0.25, 0.3) is 11.4 Å². The van der Waals surface area contributed by atoms with E-state index in [0.717, 1.165) is 22.5 Å². The molecule has 0 saturated heterocycles. The van der Waals surface area contributed by atoms with Crippen LogP contribution in [-0.4, -0.2) is 33.0 Å². The van der Waals surface area contributed by atoms with E-state index in [2.05, 4.69) is 15.5 Å². The zero-order chi connectivity index (χ0) is 23.0. The maximum absolute atomic E-state index is 13.0. The normalized spacial score (nSPS) is 10.8. The summed E-state index contributed by atoms with van der Waals surface area (Å²) in [6, 6.07) is 23.8. The van der Waals surface area contributed by atoms with Crippen molar-refractivity contribution in [2.75, 3.05) is 12.3 Å². The van der Waals surface area contributed by atoms with Crippen LogP contribution in [0.1, 0.15) is 11.1 Å². The molecule has 0 saturated carbocycles. The van der Waals surface area contributed by atoms with E-state index in [1.807, 2.05) is 59.2 Å². The third-order valence-corrected chi connectivity index (χ3v) is 6.20. The molecule has 1 N–H and O–H groups in total. The summed E-state index contributed by atoms with van der Waals surface area (Å²) < 4.78 is 15.0. The molecule has 0 atom stereocenters. The number of halogens is 2. The number of thioether (sulfide) groups is 1. The fraction of sp³-hybridized carbons (Fsp3) is 0.160. The SMILES string of the molecule is O=C(CSc1nnc(-c2ccc(Cl)cc2)n1Cc1ccccc1)NCCc1ccc(F)cc1. The number of hydrogen-bond donors (Lipinski definition) is 1. The van der Waals surface area contributed by atoms with Crippen molar-refractivity contribution in [1.29, 1.82) is 0 Å². The summed E-state index contributed by atoms with van der Waals surface area (Å²) in [7, 11) is 0. The van der Waals surface area contributed by atoms with Gasteiger partial charge in [-0.15, -0.1) is 10.2 Å². The number of aromatic nitrogens is 3. The highest BCUT2D eigenvalue weighted by Crippen LogP contribution is 2.26. The molecular formula is C25H22ClFN4OS. The summed E-state index contributed by atoms with van der Waals surface area (Å²) in [5.41, 5.74) is 2.98. The fourth-order valence-corrected chi connectivity index (χ4v) is 4.19. The highest BCUT2D eigenvalue weighted by Gasteiger charge is 2.16. The minimum absolute atomic E-state index is 0.0931. The summed E-state index contributed by atoms with van der Waals surface area (Å²) in [6.45, 7) is 1.07. The van der Waals surface area contributed by atoms with E-state index in [0.29, 0.717) is 29.7 Å². The second-order valence-corrected chi connectivity index (χ2v) is 8.78. The van der Waals surface area contributed by atoms with Gasteiger partial charge in [-0.25, -0.2) is 4.39 Å². The van der Waals surface area contributed by atoms with Crippen molar-refractivity contribution in [1.82, 2.24) is 20.1 Å². The first kappa shape index (κ1) is 23.0. The minimum atomic E-state index is -0.267. The topological polar surface area (TPSA) is 59.8 Å². The van der Waals surface area contributed by atoms with E-state index in [1.165, 1.54) is 23.9 Å². The Labute approximate surface area is 201 Å². The number of benzene rings is 3. The lowest BCUT2D eigenvalue weighted by Gasteiger charge is -2.11. The molecule has 0 radical (unpaired) electrons. The smallest absolute Gasteiger partial charge is 0.230 e. The number of carbonyl (C=O) groups is 1. The molecule has 1 aromatic heterocycles. The van der Waals surface area contributed by atoms with E-state index in [4.69, 9.17) is 11.6 Å². The first-order chi connectivity index (χ1) is 16.1. The van der Waals surface area contributed by atoms with Gasteiger partial charge in [0.05, 0.1) is 12.3 Å². The summed E-state index contributed by atoms with van der Waals surface area (Å²) in [5, 5.41) is 13.0. The standard InChI is InChI=1S/C25H22ClFN4OS/c26-21-10-8-20(9-11-21)24-29-30-25(31(24)16-19-4-2-1-3-5-19)33-17-23(32)28-15-14-18-6-12-22(27)13-7-18/h1-13H,14-17H2,(H,28,32). The summed E-state index contributed by atoms with van der Waals surface area (Å²) >= 11 is 7.38. The molecular weight excluding hydrogens is 459 g/mol. The summed E-state index contributed by atoms with van der Waals surface area (Å²) in [5.74, 6) is 0.577. The molecule has 0 bridgehead atoms. The quantitative estimate of drug-likeness (QED) is 0.333. The van der Waals surface area contributed by atoms with Crippen molar-refractivity contribution in [3.8, 4) is 11.4 Å². The first-order valence-corrected chi connectivity index (χ1v) is 11.8. The van der Waals surface area contributed by atoms with Crippen LogP contribution in [0.2, 0.25) is 5.02 Å². The van der Waals surface area contributed by atoms with Gasteiger partial charge in [-0.1, -0.05) is 65.8 Å². The van der Waals surface area contributed by atoms with Crippen LogP contribution >= 0.6 is 23.4 Å². The van der Waals surface area contributed by atoms with Gasteiger partial charge in [0, 0.05) is 17.1 Å². The van der Waals surface area contributed by atoms with Crippen molar-refractivity contribution in [2.24, 2.45) is 0 Å². The molecule has 33 heavy (non-hydrogen) atoms. The van der Waals surface area contributed by atoms with Crippen LogP contribution in [0, 0.1) is 5.82 Å². The molecule has 5 nitrogen and oxygen atoms in total. The number of amides is 1. The van der Waals surface area contributed by atoms with Crippen molar-refractivity contribution in [3.05, 3.63) is 101 Å². The number of nitrogens with zero attached hydrogens (tertiary/aromatic N) is 3. The van der Waals surface area contributed by atoms with Gasteiger partial charge in [0.15, 0.2) is 11.0 Å². The van der Waals surface area contributed by atoms with Gasteiger partial charge in [-0.3, -0.25) is 9.36 Å². The Morgan fingerprint density at radius 3 is 2.39 bits per heavy atom. The van der Waals surface area contributed by atoms with Gasteiger partial charge in [-0.2, -0.15) is 0 Å². The van der Waals surface area contributed by atoms with Gasteiger partial charge < -0.3 is 5.32 Å². The predicted octanol–water partition coefficient (Wildman–Crippen LogP) is 5.24. The molecule has 1 amide bonds. The molecule has 0 unspecified atom stereocenters. The monoisotopic (exact) mass is 480 g/mol. The highest BCUT2D eigenvalue weighted by molar-refractivity contribution is 7.99. The average Bonchev–Trinajstić information content (AvgIpc) is 3.22. The zero-order valence-electron chi connectivity index (χ0n) is 17.7. The predicted molar refractivity (Wildman–Crippen MR) is 130 cm³/mol. The van der Waals surface area contributed by atoms with E-state index in [-0.39, 0.29) is 17.5 Å². The Bertz CT molecular complexity index is 1200. The summed E-state index contributed by atoms with van der Waals surface area (Å²) in [4.78, 5) is 12.4. The van der Waals surface area contributed by atoms with Gasteiger partial charge in [0.25, 0.3) is 0 Å². The number of nitrogens with one attached hydrogen (secondary N) is 1. The van der Waals surface area contributed by atoms with Gasteiger partial charge >= 0.3 is 0 Å². The van der Waals surface area contributed by atoms with E-state index in [1.54, 1.807) is 12.1 Å². The molecule has 8 heteroatoms. The molecule has 0 aliphatic heterocycles. The first-order valence-electron chi connectivity index (χ1n) is 10.5. The Kier molecular flexibility index (Phi) is 7.75. The molecule has 3 aromatic carbocycles. The number of hydrogen-bond acceptors (Lipinski definition) is 4. The van der Waals surface area contributed by atoms with Crippen LogP contribution in [0.4, 0.5) is 4.39 Å². The molecule has 4 aromatic rings. The second kappa shape index (κ2) is 11.1. The van der Waals surface area contributed by atoms with E-state index >= 15 is 0 Å². The Balaban J connectivity index is 1.42. The molecule has 0 fully saturated rings. The molecule has 0 spiro atoms. The van der Waals surface area contributed by atoms with Gasteiger partial charge in [0.2, 0.25) is 5.91 Å². The lowest BCUT2D eigenvalue weighted by Crippen LogP contribution is -2.27. The average molecular weight is 481 g/mol. The minimum Gasteiger partial charge on any atom is -0.355 e. The Morgan fingerprint density at radius 2 is 1.67 bits per heavy atom. The van der Waals surface area contributed by atoms with E-state index < -0.39 is 0 Å². The fourth-order valence-electron chi connectivity index (χ4n) is 3.29. The highest BCUT2D eigenvalue weighted by atomic mass is 35.5. The van der Waals surface area contributed by atoms with Crippen molar-refractivity contribution in [2.45, 2.75) is 18.1 Å². The van der Waals surface area contributed by atoms with Crippen LogP contribution < -0.4 is 5.32 Å². The second-order valence-electron chi connectivity index (χ2n) is 7.40. The van der Waals surface area contributed by atoms with Crippen molar-refractivity contribution < 1.29 is 9.18 Å². The van der Waals surface area contributed by atoms with Crippen LogP contribution in [0.3, 0.4) is 0 Å². The van der Waals surface area contributed by atoms with Crippen molar-refractivity contribution >= 4 is 29.3 Å². The Morgan fingerprint density at radius 1 is 0.939 bits per heavy atom. The maximum Gasteiger partial charge on any atom is 0.230 e. The molecule has 4 rings (SSSR count). The van der Waals surface area contributed by atoms with Gasteiger partial charge in [-0.05, 0) is 53.9 Å². The summed E-state index contributed by atoms with van der Waals surface area (Å²) in [6.07, 6.45) is 0.640. The molecule has 1 heterocycles. The third-order valence-electron chi connectivity index (χ3n) is 4.98. The zero-order valence-corrected chi connectivity index (χ0v) is 19.3. The number of carbonyl (C=O) groups excluding carboxylic acids is 1. The van der Waals surface area contributed by atoms with Crippen LogP contribution in [0.15, 0.2) is 84.0 Å². The maximum atomic E-state index is 13.0. The van der Waals surface area contributed by atoms with E-state index in [9.17, 15) is 9.18 Å². The lowest BCUT2D eigenvalue weighted by atomic mass is 10.1. The molecule has 0 aliphatic carbocycles. The van der Waals surface area contributed by atoms with Crippen LogP contribution in [-0.2, 0) is 17.8 Å².